The van der Waals surface area contributed by atoms with Crippen molar-refractivity contribution < 1.29 is 23.5 Å². The van der Waals surface area contributed by atoms with E-state index in [1.165, 1.54) is 0 Å². The summed E-state index contributed by atoms with van der Waals surface area (Å²) in [7, 11) is 0. The van der Waals surface area contributed by atoms with Crippen molar-refractivity contribution >= 4 is 17.8 Å². The summed E-state index contributed by atoms with van der Waals surface area (Å²) in [6.45, 7) is 7.56. The van der Waals surface area contributed by atoms with Crippen LogP contribution in [0.15, 0.2) is 39.5 Å². The highest BCUT2D eigenvalue weighted by molar-refractivity contribution is 5.96. The second-order valence-corrected chi connectivity index (χ2v) is 8.28. The van der Waals surface area contributed by atoms with E-state index in [0.29, 0.717) is 13.0 Å². The van der Waals surface area contributed by atoms with Gasteiger partial charge in [0.15, 0.2) is 0 Å². The van der Waals surface area contributed by atoms with Crippen LogP contribution in [0, 0.1) is 11.8 Å². The Morgan fingerprint density at radius 3 is 2.41 bits per heavy atom. The van der Waals surface area contributed by atoms with E-state index in [2.05, 4.69) is 15.7 Å². The smallest absolute Gasteiger partial charge is 0.437 e. The third kappa shape index (κ3) is 8.01. The first-order valence-electron chi connectivity index (χ1n) is 10.5. The third-order valence-corrected chi connectivity index (χ3v) is 4.33. The molecule has 2 amide bonds. The number of hydrogen-bond acceptors (Lipinski definition) is 7. The van der Waals surface area contributed by atoms with Crippen molar-refractivity contribution in [2.75, 3.05) is 6.54 Å². The Morgan fingerprint density at radius 1 is 1.09 bits per heavy atom. The molecule has 1 aromatic carbocycles. The Bertz CT molecular complexity index is 964. The summed E-state index contributed by atoms with van der Waals surface area (Å²) in [5.74, 6) is -2.05. The monoisotopic (exact) mass is 446 g/mol. The van der Waals surface area contributed by atoms with E-state index in [1.807, 2.05) is 58.0 Å². The first-order valence-corrected chi connectivity index (χ1v) is 10.5. The van der Waals surface area contributed by atoms with Gasteiger partial charge in [0, 0.05) is 0 Å². The maximum atomic E-state index is 12.6. The van der Waals surface area contributed by atoms with Crippen LogP contribution < -0.4 is 16.4 Å². The van der Waals surface area contributed by atoms with E-state index >= 15 is 0 Å². The number of carbonyl (C=O) groups is 3. The Hall–Kier alpha value is -3.43. The van der Waals surface area contributed by atoms with Crippen LogP contribution in [0.25, 0.3) is 0 Å². The van der Waals surface area contributed by atoms with Crippen molar-refractivity contribution in [3.8, 4) is 0 Å². The number of Topliss-reactive ketones (excluding diaryl/α,β-unsaturated/α-hetero) is 1. The number of hydrogen-bond donors (Lipinski definition) is 2. The Morgan fingerprint density at radius 2 is 1.78 bits per heavy atom. The Labute approximate surface area is 186 Å². The molecule has 0 saturated heterocycles. The van der Waals surface area contributed by atoms with Crippen molar-refractivity contribution in [3.63, 3.8) is 0 Å². The van der Waals surface area contributed by atoms with E-state index < -0.39 is 36.1 Å². The fourth-order valence-corrected chi connectivity index (χ4v) is 2.86. The van der Waals surface area contributed by atoms with E-state index in [1.54, 1.807) is 0 Å². The number of ether oxygens (including phenoxy) is 1. The molecule has 2 N–H and O–H groups in total. The molecule has 10 heteroatoms. The molecule has 174 valence electrons. The highest BCUT2D eigenvalue weighted by Gasteiger charge is 2.24. The van der Waals surface area contributed by atoms with Crippen LogP contribution in [0.1, 0.15) is 50.4 Å². The second kappa shape index (κ2) is 11.8. The standard InChI is InChI=1S/C22H30N4O6/c1-14(2)10-17(24-21(29)31-13-16-8-6-5-7-9-16)19(28)23-11-18(27)20-25-26(12-15(3)4)22(30)32-20/h5-9,14-15,17H,10-13H2,1-4H3,(H,23,28)(H,24,29)/t17-/m0/s1. The number of benzene rings is 1. The molecular weight excluding hydrogens is 416 g/mol. The molecule has 0 bridgehead atoms. The zero-order valence-corrected chi connectivity index (χ0v) is 18.8. The molecule has 10 nitrogen and oxygen atoms in total. The van der Waals surface area contributed by atoms with E-state index in [9.17, 15) is 19.2 Å². The lowest BCUT2D eigenvalue weighted by Gasteiger charge is -2.19. The van der Waals surface area contributed by atoms with Crippen LogP contribution >= 0.6 is 0 Å². The fourth-order valence-electron chi connectivity index (χ4n) is 2.86. The van der Waals surface area contributed by atoms with Crippen molar-refractivity contribution in [1.82, 2.24) is 20.4 Å². The van der Waals surface area contributed by atoms with Gasteiger partial charge in [0.2, 0.25) is 11.7 Å². The second-order valence-electron chi connectivity index (χ2n) is 8.28. The van der Waals surface area contributed by atoms with Gasteiger partial charge in [-0.2, -0.15) is 4.68 Å². The zero-order chi connectivity index (χ0) is 23.7. The lowest BCUT2D eigenvalue weighted by Crippen LogP contribution is -2.48. The molecule has 1 heterocycles. The van der Waals surface area contributed by atoms with Crippen molar-refractivity contribution in [2.24, 2.45) is 11.8 Å². The van der Waals surface area contributed by atoms with Gasteiger partial charge in [-0.3, -0.25) is 9.59 Å². The first-order chi connectivity index (χ1) is 15.2. The molecule has 32 heavy (non-hydrogen) atoms. The number of rotatable bonds is 11. The van der Waals surface area contributed by atoms with E-state index in [0.717, 1.165) is 10.2 Å². The van der Waals surface area contributed by atoms with Crippen LogP contribution in [-0.2, 0) is 22.7 Å². The lowest BCUT2D eigenvalue weighted by atomic mass is 10.0. The van der Waals surface area contributed by atoms with Crippen LogP contribution in [-0.4, -0.2) is 40.2 Å². The molecule has 0 unspecified atom stereocenters. The van der Waals surface area contributed by atoms with Gasteiger partial charge in [0.25, 0.3) is 5.89 Å². The summed E-state index contributed by atoms with van der Waals surface area (Å²) in [6.07, 6.45) is -0.391. The summed E-state index contributed by atoms with van der Waals surface area (Å²) in [5.41, 5.74) is 0.816. The molecule has 0 spiro atoms. The normalized spacial score (nSPS) is 11.9. The summed E-state index contributed by atoms with van der Waals surface area (Å²) < 4.78 is 11.1. The largest absolute Gasteiger partial charge is 0.445 e. The minimum Gasteiger partial charge on any atom is -0.445 e. The van der Waals surface area contributed by atoms with Crippen LogP contribution in [0.2, 0.25) is 0 Å². The molecule has 2 rings (SSSR count). The van der Waals surface area contributed by atoms with Gasteiger partial charge in [0.05, 0.1) is 13.1 Å². The minimum atomic E-state index is -0.892. The first kappa shape index (κ1) is 24.8. The van der Waals surface area contributed by atoms with Gasteiger partial charge in [-0.15, -0.1) is 5.10 Å². The minimum absolute atomic E-state index is 0.0687. The van der Waals surface area contributed by atoms with Crippen LogP contribution in [0.5, 0.6) is 0 Å². The van der Waals surface area contributed by atoms with Gasteiger partial charge in [-0.1, -0.05) is 58.0 Å². The predicted octanol–water partition coefficient (Wildman–Crippen LogP) is 2.13. The topological polar surface area (TPSA) is 133 Å². The molecule has 0 radical (unpaired) electrons. The van der Waals surface area contributed by atoms with Gasteiger partial charge >= 0.3 is 11.8 Å². The Balaban J connectivity index is 1.92. The van der Waals surface area contributed by atoms with Gasteiger partial charge in [-0.25, -0.2) is 9.59 Å². The SMILES string of the molecule is CC(C)C[C@H](NC(=O)OCc1ccccc1)C(=O)NCC(=O)c1nn(CC(C)C)c(=O)o1. The molecule has 1 aromatic heterocycles. The Kier molecular flexibility index (Phi) is 9.18. The summed E-state index contributed by atoms with van der Waals surface area (Å²) in [6, 6.07) is 8.26. The zero-order valence-electron chi connectivity index (χ0n) is 18.8. The van der Waals surface area contributed by atoms with Crippen LogP contribution in [0.3, 0.4) is 0 Å². The van der Waals surface area contributed by atoms with Gasteiger partial charge in [-0.05, 0) is 23.8 Å². The highest BCUT2D eigenvalue weighted by atomic mass is 16.5. The summed E-state index contributed by atoms with van der Waals surface area (Å²) >= 11 is 0. The van der Waals surface area contributed by atoms with Crippen molar-refractivity contribution in [3.05, 3.63) is 52.3 Å². The number of alkyl carbamates (subject to hydrolysis) is 1. The van der Waals surface area contributed by atoms with E-state index in [4.69, 9.17) is 9.15 Å². The van der Waals surface area contributed by atoms with Crippen molar-refractivity contribution in [1.29, 1.82) is 0 Å². The predicted molar refractivity (Wildman–Crippen MR) is 116 cm³/mol. The number of nitrogens with zero attached hydrogens (tertiary/aromatic N) is 2. The number of amides is 2. The van der Waals surface area contributed by atoms with Gasteiger partial charge in [0.1, 0.15) is 12.6 Å². The molecule has 0 saturated carbocycles. The number of ketones is 1. The van der Waals surface area contributed by atoms with Crippen LogP contribution in [0.4, 0.5) is 4.79 Å². The summed E-state index contributed by atoms with van der Waals surface area (Å²) in [4.78, 5) is 48.8. The third-order valence-electron chi connectivity index (χ3n) is 4.33. The van der Waals surface area contributed by atoms with E-state index in [-0.39, 0.29) is 24.3 Å². The average molecular weight is 447 g/mol. The quantitative estimate of drug-likeness (QED) is 0.505. The molecule has 0 fully saturated rings. The molecule has 1 atom stereocenters. The average Bonchev–Trinajstić information content (AvgIpc) is 3.10. The molecular formula is C22H30N4O6. The van der Waals surface area contributed by atoms with Crippen molar-refractivity contribution in [2.45, 2.75) is 53.3 Å². The number of nitrogens with one attached hydrogen (secondary N) is 2. The molecule has 2 aromatic rings. The highest BCUT2D eigenvalue weighted by Crippen LogP contribution is 2.07. The fraction of sp³-hybridized carbons (Fsp3) is 0.500. The number of aromatic nitrogens is 2. The molecule has 0 aliphatic rings. The maximum absolute atomic E-state index is 12.6. The van der Waals surface area contributed by atoms with Gasteiger partial charge < -0.3 is 19.8 Å². The number of carbonyl (C=O) groups excluding carboxylic acids is 3. The maximum Gasteiger partial charge on any atom is 0.437 e. The molecule has 0 aliphatic heterocycles. The lowest BCUT2D eigenvalue weighted by molar-refractivity contribution is -0.123. The summed E-state index contributed by atoms with van der Waals surface area (Å²) in [5, 5.41) is 8.87. The molecule has 0 aliphatic carbocycles.